The lowest BCUT2D eigenvalue weighted by molar-refractivity contribution is -0.125. The zero-order chi connectivity index (χ0) is 23.7. The molecule has 0 bridgehead atoms. The molecule has 1 saturated heterocycles. The maximum atomic E-state index is 13.0. The Balaban J connectivity index is 1.65. The van der Waals surface area contributed by atoms with Crippen LogP contribution in [0.3, 0.4) is 0 Å². The van der Waals surface area contributed by atoms with Gasteiger partial charge in [-0.05, 0) is 51.8 Å². The van der Waals surface area contributed by atoms with E-state index in [0.717, 1.165) is 17.7 Å². The number of rotatable bonds is 6. The van der Waals surface area contributed by atoms with Gasteiger partial charge < -0.3 is 10.1 Å². The number of amides is 3. The number of hydrogen-bond acceptors (Lipinski definition) is 6. The Morgan fingerprint density at radius 1 is 1.19 bits per heavy atom. The van der Waals surface area contributed by atoms with E-state index in [0.29, 0.717) is 12.8 Å². The van der Waals surface area contributed by atoms with E-state index >= 15 is 0 Å². The van der Waals surface area contributed by atoms with Gasteiger partial charge in [0.1, 0.15) is 5.60 Å². The average molecular weight is 486 g/mol. The fourth-order valence-electron chi connectivity index (χ4n) is 4.06. The van der Waals surface area contributed by atoms with Gasteiger partial charge in [0.05, 0.1) is 21.0 Å². The largest absolute Gasteiger partial charge is 0.444 e. The summed E-state index contributed by atoms with van der Waals surface area (Å²) in [6.45, 7) is 5.13. The lowest BCUT2D eigenvalue weighted by Gasteiger charge is -2.22. The van der Waals surface area contributed by atoms with Crippen LogP contribution in [0.1, 0.15) is 52.9 Å². The van der Waals surface area contributed by atoms with Crippen LogP contribution in [0.15, 0.2) is 23.1 Å². The SMILES string of the molecule is CC(C)(C)OC(=O)NCCNS(=O)(=O)c1ccc(N2C(=O)CC3(CCCC3)C2=O)c(Cl)c1. The van der Waals surface area contributed by atoms with E-state index in [1.807, 2.05) is 0 Å². The van der Waals surface area contributed by atoms with Gasteiger partial charge in [-0.2, -0.15) is 0 Å². The molecule has 1 spiro atoms. The summed E-state index contributed by atoms with van der Waals surface area (Å²) in [5.74, 6) is -0.579. The van der Waals surface area contributed by atoms with Crippen LogP contribution in [0.25, 0.3) is 0 Å². The van der Waals surface area contributed by atoms with E-state index in [1.54, 1.807) is 20.8 Å². The Labute approximate surface area is 192 Å². The predicted octanol–water partition coefficient (Wildman–Crippen LogP) is 2.97. The highest BCUT2D eigenvalue weighted by Crippen LogP contribution is 2.48. The van der Waals surface area contributed by atoms with Gasteiger partial charge in [0.2, 0.25) is 21.8 Å². The van der Waals surface area contributed by atoms with E-state index in [-0.39, 0.29) is 46.9 Å². The van der Waals surface area contributed by atoms with E-state index in [2.05, 4.69) is 10.0 Å². The van der Waals surface area contributed by atoms with Crippen molar-refractivity contribution in [2.24, 2.45) is 5.41 Å². The summed E-state index contributed by atoms with van der Waals surface area (Å²) in [6, 6.07) is 3.88. The number of imide groups is 1. The maximum Gasteiger partial charge on any atom is 0.407 e. The van der Waals surface area contributed by atoms with Crippen molar-refractivity contribution in [3.8, 4) is 0 Å². The average Bonchev–Trinajstić information content (AvgIpc) is 3.23. The van der Waals surface area contributed by atoms with Crippen LogP contribution in [0.4, 0.5) is 10.5 Å². The molecule has 1 saturated carbocycles. The molecule has 11 heteroatoms. The summed E-state index contributed by atoms with van der Waals surface area (Å²) < 4.78 is 32.6. The van der Waals surface area contributed by atoms with Gasteiger partial charge in [-0.1, -0.05) is 24.4 Å². The van der Waals surface area contributed by atoms with Crippen LogP contribution in [-0.4, -0.2) is 45.0 Å². The molecule has 3 rings (SSSR count). The molecule has 176 valence electrons. The van der Waals surface area contributed by atoms with Gasteiger partial charge in [-0.15, -0.1) is 0 Å². The van der Waals surface area contributed by atoms with Crippen molar-refractivity contribution < 1.29 is 27.5 Å². The van der Waals surface area contributed by atoms with Crippen molar-refractivity contribution in [3.05, 3.63) is 23.2 Å². The molecule has 2 fully saturated rings. The minimum Gasteiger partial charge on any atom is -0.444 e. The first-order valence-electron chi connectivity index (χ1n) is 10.5. The highest BCUT2D eigenvalue weighted by molar-refractivity contribution is 7.89. The summed E-state index contributed by atoms with van der Waals surface area (Å²) in [7, 11) is -3.92. The molecular formula is C21H28ClN3O6S. The number of benzene rings is 1. The molecule has 1 heterocycles. The smallest absolute Gasteiger partial charge is 0.407 e. The first kappa shape index (κ1) is 24.5. The molecule has 0 unspecified atom stereocenters. The van der Waals surface area contributed by atoms with Crippen molar-refractivity contribution >= 4 is 45.2 Å². The van der Waals surface area contributed by atoms with Crippen molar-refractivity contribution in [2.45, 2.75) is 63.4 Å². The lowest BCUT2D eigenvalue weighted by atomic mass is 9.84. The van der Waals surface area contributed by atoms with Crippen LogP contribution in [0.2, 0.25) is 5.02 Å². The molecule has 2 N–H and O–H groups in total. The third-order valence-electron chi connectivity index (χ3n) is 5.51. The molecular weight excluding hydrogens is 458 g/mol. The highest BCUT2D eigenvalue weighted by atomic mass is 35.5. The number of nitrogens with one attached hydrogen (secondary N) is 2. The van der Waals surface area contributed by atoms with Crippen molar-refractivity contribution in [1.29, 1.82) is 0 Å². The number of halogens is 1. The van der Waals surface area contributed by atoms with Crippen LogP contribution in [0.5, 0.6) is 0 Å². The third kappa shape index (κ3) is 5.24. The molecule has 0 atom stereocenters. The fraction of sp³-hybridized carbons (Fsp3) is 0.571. The second-order valence-electron chi connectivity index (χ2n) is 9.14. The van der Waals surface area contributed by atoms with E-state index in [1.165, 1.54) is 18.2 Å². The third-order valence-corrected chi connectivity index (χ3v) is 7.27. The van der Waals surface area contributed by atoms with E-state index in [4.69, 9.17) is 16.3 Å². The van der Waals surface area contributed by atoms with Crippen LogP contribution in [-0.2, 0) is 24.3 Å². The summed E-state index contributed by atoms with van der Waals surface area (Å²) >= 11 is 6.29. The van der Waals surface area contributed by atoms with Gasteiger partial charge in [0.25, 0.3) is 0 Å². The van der Waals surface area contributed by atoms with Gasteiger partial charge in [0, 0.05) is 19.5 Å². The van der Waals surface area contributed by atoms with Gasteiger partial charge in [-0.3, -0.25) is 9.59 Å². The highest BCUT2D eigenvalue weighted by Gasteiger charge is 2.53. The quantitative estimate of drug-likeness (QED) is 0.472. The lowest BCUT2D eigenvalue weighted by Crippen LogP contribution is -2.37. The molecule has 1 aliphatic carbocycles. The van der Waals surface area contributed by atoms with E-state index < -0.39 is 27.1 Å². The van der Waals surface area contributed by atoms with Crippen molar-refractivity contribution in [2.75, 3.05) is 18.0 Å². The van der Waals surface area contributed by atoms with Crippen molar-refractivity contribution in [3.63, 3.8) is 0 Å². The summed E-state index contributed by atoms with van der Waals surface area (Å²) in [4.78, 5) is 38.1. The van der Waals surface area contributed by atoms with Gasteiger partial charge >= 0.3 is 6.09 Å². The van der Waals surface area contributed by atoms with Crippen LogP contribution < -0.4 is 14.9 Å². The first-order valence-corrected chi connectivity index (χ1v) is 12.3. The molecule has 32 heavy (non-hydrogen) atoms. The molecule has 1 aromatic carbocycles. The standard InChI is InChI=1S/C21H28ClN3O6S/c1-20(2,3)31-19(28)23-10-11-24-32(29,30)14-6-7-16(15(22)12-14)25-17(26)13-21(18(25)27)8-4-5-9-21/h6-7,12,24H,4-5,8-11,13H2,1-3H3,(H,23,28). The first-order chi connectivity index (χ1) is 14.8. The normalized spacial score (nSPS) is 18.4. The maximum absolute atomic E-state index is 13.0. The number of alkyl carbamates (subject to hydrolysis) is 1. The summed E-state index contributed by atoms with van der Waals surface area (Å²) in [6.07, 6.45) is 2.69. The Hall–Kier alpha value is -2.17. The van der Waals surface area contributed by atoms with Crippen LogP contribution in [0, 0.1) is 5.41 Å². The molecule has 2 aliphatic rings. The minimum absolute atomic E-state index is 0.00324. The number of sulfonamides is 1. The van der Waals surface area contributed by atoms with Crippen molar-refractivity contribution in [1.82, 2.24) is 10.0 Å². The Morgan fingerprint density at radius 3 is 2.44 bits per heavy atom. The minimum atomic E-state index is -3.92. The second kappa shape index (κ2) is 8.99. The molecule has 0 radical (unpaired) electrons. The zero-order valence-corrected chi connectivity index (χ0v) is 19.9. The number of hydrogen-bond donors (Lipinski definition) is 2. The van der Waals surface area contributed by atoms with Crippen LogP contribution >= 0.6 is 11.6 Å². The fourth-order valence-corrected chi connectivity index (χ4v) is 5.45. The molecule has 1 aromatic rings. The predicted molar refractivity (Wildman–Crippen MR) is 119 cm³/mol. The molecule has 1 aliphatic heterocycles. The van der Waals surface area contributed by atoms with Gasteiger partial charge in [0.15, 0.2) is 0 Å². The number of anilines is 1. The number of nitrogens with zero attached hydrogens (tertiary/aromatic N) is 1. The van der Waals surface area contributed by atoms with Gasteiger partial charge in [-0.25, -0.2) is 22.8 Å². The summed E-state index contributed by atoms with van der Waals surface area (Å²) in [5.41, 5.74) is -1.11. The number of ether oxygens (including phenoxy) is 1. The number of carbonyl (C=O) groups is 3. The Morgan fingerprint density at radius 2 is 1.84 bits per heavy atom. The Kier molecular flexibility index (Phi) is 6.88. The summed E-state index contributed by atoms with van der Waals surface area (Å²) in [5, 5.41) is 2.46. The Bertz CT molecular complexity index is 1030. The topological polar surface area (TPSA) is 122 Å². The zero-order valence-electron chi connectivity index (χ0n) is 18.4. The van der Waals surface area contributed by atoms with E-state index in [9.17, 15) is 22.8 Å². The monoisotopic (exact) mass is 485 g/mol. The molecule has 3 amide bonds. The number of carbonyl (C=O) groups excluding carboxylic acids is 3. The molecule has 0 aromatic heterocycles. The second-order valence-corrected chi connectivity index (χ2v) is 11.3. The molecule has 9 nitrogen and oxygen atoms in total.